The summed E-state index contributed by atoms with van der Waals surface area (Å²) in [6.07, 6.45) is 8.58. The van der Waals surface area contributed by atoms with Gasteiger partial charge in [0.25, 0.3) is 5.91 Å². The maximum absolute atomic E-state index is 13.3. The average Bonchev–Trinajstić information content (AvgIpc) is 3.38. The molecule has 0 bridgehead atoms. The molecule has 0 radical (unpaired) electrons. The third kappa shape index (κ3) is 5.60. The number of aromatic nitrogens is 2. The molecule has 1 aliphatic heterocycles. The van der Waals surface area contributed by atoms with Gasteiger partial charge in [-0.1, -0.05) is 42.5 Å². The Balaban J connectivity index is 1.25. The Bertz CT molecular complexity index is 1290. The summed E-state index contributed by atoms with van der Waals surface area (Å²) in [5.41, 5.74) is 3.92. The van der Waals surface area contributed by atoms with E-state index in [1.165, 1.54) is 5.56 Å². The molecule has 5 rings (SSSR count). The van der Waals surface area contributed by atoms with E-state index in [4.69, 9.17) is 9.15 Å². The summed E-state index contributed by atoms with van der Waals surface area (Å²) < 4.78 is 11.4. The number of hydrogen-bond donors (Lipinski definition) is 0. The van der Waals surface area contributed by atoms with Gasteiger partial charge in [0, 0.05) is 31.9 Å². The Kier molecular flexibility index (Phi) is 6.89. The zero-order chi connectivity index (χ0) is 24.0. The summed E-state index contributed by atoms with van der Waals surface area (Å²) in [6.45, 7) is 1.33. The van der Waals surface area contributed by atoms with E-state index in [1.807, 2.05) is 59.8 Å². The van der Waals surface area contributed by atoms with Gasteiger partial charge in [0.1, 0.15) is 11.5 Å². The van der Waals surface area contributed by atoms with Crippen molar-refractivity contribution in [3.63, 3.8) is 0 Å². The Morgan fingerprint density at radius 3 is 2.71 bits per heavy atom. The number of pyridine rings is 1. The number of benzene rings is 2. The molecule has 6 nitrogen and oxygen atoms in total. The topological polar surface area (TPSA) is 68.5 Å². The number of carbonyl (C=O) groups is 1. The van der Waals surface area contributed by atoms with Crippen LogP contribution in [0.4, 0.5) is 0 Å². The normalized spacial score (nSPS) is 15.7. The zero-order valence-corrected chi connectivity index (χ0v) is 19.9. The summed E-state index contributed by atoms with van der Waals surface area (Å²) in [4.78, 5) is 24.1. The molecule has 0 unspecified atom stereocenters. The lowest BCUT2D eigenvalue weighted by Gasteiger charge is -2.31. The van der Waals surface area contributed by atoms with Crippen LogP contribution in [-0.4, -0.2) is 41.0 Å². The number of oxazole rings is 1. The van der Waals surface area contributed by atoms with Crippen LogP contribution >= 0.6 is 0 Å². The van der Waals surface area contributed by atoms with Crippen LogP contribution in [0.25, 0.3) is 0 Å². The molecular formula is C29H29N3O3. The maximum Gasteiger partial charge on any atom is 0.255 e. The third-order valence-electron chi connectivity index (χ3n) is 6.43. The Morgan fingerprint density at radius 2 is 1.86 bits per heavy atom. The minimum atomic E-state index is 0.00533. The van der Waals surface area contributed by atoms with Gasteiger partial charge >= 0.3 is 0 Å². The smallest absolute Gasteiger partial charge is 0.255 e. The fourth-order valence-electron chi connectivity index (χ4n) is 4.66. The first kappa shape index (κ1) is 22.8. The second kappa shape index (κ2) is 10.6. The van der Waals surface area contributed by atoms with Crippen molar-refractivity contribution in [2.24, 2.45) is 0 Å². The molecule has 0 spiro atoms. The van der Waals surface area contributed by atoms with Crippen LogP contribution in [0, 0.1) is 0 Å². The van der Waals surface area contributed by atoms with Gasteiger partial charge in [-0.15, -0.1) is 0 Å². The quantitative estimate of drug-likeness (QED) is 0.370. The standard InChI is InChI=1S/C29H29N3O3/c1-34-26-11-5-9-22(16-26)13-23-14-25(18-30-17-23)29(33)32-12-6-10-24(20-32)28-31-19-27(35-28)15-21-7-3-2-4-8-21/h2-5,7-9,11,14,16-19,24H,6,10,12-13,15,20H2,1H3/t24-/m1/s1. The van der Waals surface area contributed by atoms with E-state index < -0.39 is 0 Å². The molecule has 3 heterocycles. The minimum Gasteiger partial charge on any atom is -0.497 e. The van der Waals surface area contributed by atoms with E-state index in [0.29, 0.717) is 18.5 Å². The van der Waals surface area contributed by atoms with Crippen LogP contribution in [0.5, 0.6) is 5.75 Å². The number of hydrogen-bond acceptors (Lipinski definition) is 5. The van der Waals surface area contributed by atoms with Gasteiger partial charge < -0.3 is 14.1 Å². The molecule has 1 aliphatic rings. The first-order chi connectivity index (χ1) is 17.2. The molecule has 2 aromatic heterocycles. The number of nitrogens with zero attached hydrogens (tertiary/aromatic N) is 3. The van der Waals surface area contributed by atoms with Crippen molar-refractivity contribution in [3.8, 4) is 5.75 Å². The maximum atomic E-state index is 13.3. The molecule has 35 heavy (non-hydrogen) atoms. The Hall–Kier alpha value is -3.93. The number of amides is 1. The third-order valence-corrected chi connectivity index (χ3v) is 6.43. The highest BCUT2D eigenvalue weighted by Crippen LogP contribution is 2.28. The van der Waals surface area contributed by atoms with E-state index in [0.717, 1.165) is 54.3 Å². The highest BCUT2D eigenvalue weighted by molar-refractivity contribution is 5.94. The van der Waals surface area contributed by atoms with Crippen LogP contribution in [0.3, 0.4) is 0 Å². The SMILES string of the molecule is COc1cccc(Cc2cncc(C(=O)N3CCC[C@@H](c4ncc(Cc5ccccc5)o4)C3)c2)c1. The number of piperidine rings is 1. The molecule has 1 atom stereocenters. The molecule has 1 fully saturated rings. The van der Waals surface area contributed by atoms with Gasteiger partial charge in [-0.2, -0.15) is 0 Å². The molecule has 1 saturated heterocycles. The van der Waals surface area contributed by atoms with Crippen molar-refractivity contribution >= 4 is 5.91 Å². The Labute approximate surface area is 205 Å². The van der Waals surface area contributed by atoms with Crippen molar-refractivity contribution in [2.45, 2.75) is 31.6 Å². The lowest BCUT2D eigenvalue weighted by Crippen LogP contribution is -2.39. The van der Waals surface area contributed by atoms with E-state index in [2.05, 4.69) is 28.2 Å². The predicted octanol–water partition coefficient (Wildman–Crippen LogP) is 5.28. The van der Waals surface area contributed by atoms with Crippen LogP contribution in [0.1, 0.15) is 57.5 Å². The van der Waals surface area contributed by atoms with Crippen LogP contribution in [0.2, 0.25) is 0 Å². The van der Waals surface area contributed by atoms with Crippen molar-refractivity contribution in [1.29, 1.82) is 0 Å². The van der Waals surface area contributed by atoms with E-state index in [9.17, 15) is 4.79 Å². The first-order valence-corrected chi connectivity index (χ1v) is 12.0. The highest BCUT2D eigenvalue weighted by Gasteiger charge is 2.28. The largest absolute Gasteiger partial charge is 0.497 e. The monoisotopic (exact) mass is 467 g/mol. The van der Waals surface area contributed by atoms with Gasteiger partial charge in [-0.3, -0.25) is 9.78 Å². The highest BCUT2D eigenvalue weighted by atomic mass is 16.5. The lowest BCUT2D eigenvalue weighted by atomic mass is 9.97. The zero-order valence-electron chi connectivity index (χ0n) is 19.9. The summed E-state index contributed by atoms with van der Waals surface area (Å²) in [7, 11) is 1.66. The van der Waals surface area contributed by atoms with Crippen molar-refractivity contribution in [3.05, 3.63) is 113 Å². The van der Waals surface area contributed by atoms with Crippen molar-refractivity contribution in [2.75, 3.05) is 20.2 Å². The summed E-state index contributed by atoms with van der Waals surface area (Å²) in [6, 6.07) is 20.1. The fraction of sp³-hybridized carbons (Fsp3) is 0.276. The fourth-order valence-corrected chi connectivity index (χ4v) is 4.66. The van der Waals surface area contributed by atoms with E-state index in [1.54, 1.807) is 13.3 Å². The number of carbonyl (C=O) groups excluding carboxylic acids is 1. The van der Waals surface area contributed by atoms with Gasteiger partial charge in [0.2, 0.25) is 0 Å². The number of rotatable bonds is 7. The number of methoxy groups -OCH3 is 1. The molecule has 0 N–H and O–H groups in total. The molecule has 6 heteroatoms. The second-order valence-electron chi connectivity index (χ2n) is 9.03. The number of likely N-dealkylation sites (tertiary alicyclic amines) is 1. The van der Waals surface area contributed by atoms with Crippen molar-refractivity contribution in [1.82, 2.24) is 14.9 Å². The van der Waals surface area contributed by atoms with Gasteiger partial charge in [0.15, 0.2) is 5.89 Å². The molecule has 0 saturated carbocycles. The van der Waals surface area contributed by atoms with Gasteiger partial charge in [0.05, 0.1) is 24.8 Å². The summed E-state index contributed by atoms with van der Waals surface area (Å²) in [5, 5.41) is 0. The second-order valence-corrected chi connectivity index (χ2v) is 9.03. The average molecular weight is 468 g/mol. The molecular weight excluding hydrogens is 438 g/mol. The Morgan fingerprint density at radius 1 is 1.00 bits per heavy atom. The molecule has 1 amide bonds. The predicted molar refractivity (Wildman–Crippen MR) is 134 cm³/mol. The van der Waals surface area contributed by atoms with Crippen LogP contribution in [-0.2, 0) is 12.8 Å². The molecule has 178 valence electrons. The lowest BCUT2D eigenvalue weighted by molar-refractivity contribution is 0.0697. The first-order valence-electron chi connectivity index (χ1n) is 12.0. The van der Waals surface area contributed by atoms with E-state index in [-0.39, 0.29) is 11.8 Å². The number of ether oxygens (including phenoxy) is 1. The minimum absolute atomic E-state index is 0.00533. The van der Waals surface area contributed by atoms with E-state index >= 15 is 0 Å². The molecule has 4 aromatic rings. The van der Waals surface area contributed by atoms with Crippen LogP contribution in [0.15, 0.2) is 83.7 Å². The van der Waals surface area contributed by atoms with Crippen molar-refractivity contribution < 1.29 is 13.9 Å². The molecule has 0 aliphatic carbocycles. The van der Waals surface area contributed by atoms with Crippen LogP contribution < -0.4 is 4.74 Å². The van der Waals surface area contributed by atoms with Gasteiger partial charge in [-0.25, -0.2) is 4.98 Å². The molecule has 2 aromatic carbocycles. The van der Waals surface area contributed by atoms with Gasteiger partial charge in [-0.05, 0) is 54.2 Å². The summed E-state index contributed by atoms with van der Waals surface area (Å²) >= 11 is 0. The summed E-state index contributed by atoms with van der Waals surface area (Å²) in [5.74, 6) is 2.50.